The number of hydrogen-bond acceptors (Lipinski definition) is 3. The summed E-state index contributed by atoms with van der Waals surface area (Å²) in [6.45, 7) is 12.0. The van der Waals surface area contributed by atoms with Crippen molar-refractivity contribution in [2.75, 3.05) is 32.8 Å². The molecule has 0 saturated carbocycles. The van der Waals surface area contributed by atoms with Crippen LogP contribution in [0.5, 0.6) is 5.75 Å². The lowest BCUT2D eigenvalue weighted by atomic mass is 10.2. The molecule has 4 nitrogen and oxygen atoms in total. The second-order valence-electron chi connectivity index (χ2n) is 5.80. The Labute approximate surface area is 145 Å². The van der Waals surface area contributed by atoms with Crippen molar-refractivity contribution in [3.05, 3.63) is 39.2 Å². The van der Waals surface area contributed by atoms with Gasteiger partial charge in [0.05, 0.1) is 32.8 Å². The highest BCUT2D eigenvalue weighted by atomic mass is 79.9. The lowest BCUT2D eigenvalue weighted by Crippen LogP contribution is -2.48. The number of nitrogens with zero attached hydrogens (tertiary/aromatic N) is 1. The van der Waals surface area contributed by atoms with Crippen LogP contribution in [0.2, 0.25) is 0 Å². The van der Waals surface area contributed by atoms with Crippen molar-refractivity contribution in [3.8, 4) is 5.75 Å². The summed E-state index contributed by atoms with van der Waals surface area (Å²) in [6.07, 6.45) is 1.01. The van der Waals surface area contributed by atoms with Crippen molar-refractivity contribution in [3.63, 3.8) is 0 Å². The molecule has 0 aliphatic heterocycles. The lowest BCUT2D eigenvalue weighted by Gasteiger charge is -2.35. The minimum absolute atomic E-state index is 0.370. The fraction of sp³-hybridized carbons (Fsp3) is 0.500. The summed E-state index contributed by atoms with van der Waals surface area (Å²) < 4.78 is 12.7. The third kappa shape index (κ3) is 4.36. The minimum atomic E-state index is -0.370. The van der Waals surface area contributed by atoms with Gasteiger partial charge in [-0.25, -0.2) is 4.79 Å². The molecule has 0 N–H and O–H groups in total. The predicted octanol–water partition coefficient (Wildman–Crippen LogP) is 4.20. The highest BCUT2D eigenvalue weighted by molar-refractivity contribution is 9.10. The molecule has 126 valence electrons. The Bertz CT molecular complexity index is 699. The average Bonchev–Trinajstić information content (AvgIpc) is 2.57. The first kappa shape index (κ1) is 18.0. The van der Waals surface area contributed by atoms with Crippen molar-refractivity contribution in [1.29, 1.82) is 0 Å². The Balaban J connectivity index is 1.97. The van der Waals surface area contributed by atoms with E-state index in [4.69, 9.17) is 9.15 Å². The molecule has 0 radical (unpaired) electrons. The maximum Gasteiger partial charge on any atom is 0.350 e. The van der Waals surface area contributed by atoms with Crippen molar-refractivity contribution in [2.24, 2.45) is 0 Å². The van der Waals surface area contributed by atoms with Crippen molar-refractivity contribution >= 4 is 26.9 Å². The molecule has 1 heterocycles. The van der Waals surface area contributed by atoms with E-state index in [1.54, 1.807) is 12.1 Å². The molecule has 0 fully saturated rings. The van der Waals surface area contributed by atoms with E-state index in [2.05, 4.69) is 36.7 Å². The van der Waals surface area contributed by atoms with E-state index < -0.39 is 0 Å². The molecule has 0 spiro atoms. The first-order chi connectivity index (χ1) is 11.0. The van der Waals surface area contributed by atoms with Gasteiger partial charge in [0.1, 0.15) is 15.8 Å². The summed E-state index contributed by atoms with van der Waals surface area (Å²) in [7, 11) is 0. The molecular formula is C18H25BrNO3+. The number of ether oxygens (including phenoxy) is 1. The maximum atomic E-state index is 11.6. The monoisotopic (exact) mass is 382 g/mol. The van der Waals surface area contributed by atoms with Crippen LogP contribution in [0, 0.1) is 0 Å². The quantitative estimate of drug-likeness (QED) is 0.390. The van der Waals surface area contributed by atoms with Gasteiger partial charge in [-0.3, -0.25) is 0 Å². The molecule has 0 unspecified atom stereocenters. The Morgan fingerprint density at radius 2 is 1.83 bits per heavy atom. The summed E-state index contributed by atoms with van der Waals surface area (Å²) >= 11 is 3.19. The highest BCUT2D eigenvalue weighted by Gasteiger charge is 2.19. The van der Waals surface area contributed by atoms with Gasteiger partial charge in [-0.2, -0.15) is 0 Å². The number of hydrogen-bond donors (Lipinski definition) is 0. The Morgan fingerprint density at radius 3 is 2.48 bits per heavy atom. The molecule has 2 rings (SSSR count). The summed E-state index contributed by atoms with van der Waals surface area (Å²) in [4.78, 5) is 11.6. The van der Waals surface area contributed by atoms with Crippen LogP contribution in [0.4, 0.5) is 0 Å². The van der Waals surface area contributed by atoms with E-state index in [0.717, 1.165) is 48.2 Å². The highest BCUT2D eigenvalue weighted by Crippen LogP contribution is 2.22. The Hall–Kier alpha value is -1.33. The van der Waals surface area contributed by atoms with Gasteiger partial charge in [-0.1, -0.05) is 0 Å². The van der Waals surface area contributed by atoms with Crippen LogP contribution in [0.3, 0.4) is 0 Å². The first-order valence-electron chi connectivity index (χ1n) is 8.25. The van der Waals surface area contributed by atoms with Crippen molar-refractivity contribution in [2.45, 2.75) is 27.2 Å². The number of rotatable bonds is 8. The number of benzene rings is 1. The molecule has 0 aliphatic rings. The zero-order chi connectivity index (χ0) is 16.9. The van der Waals surface area contributed by atoms with E-state index in [0.29, 0.717) is 16.7 Å². The van der Waals surface area contributed by atoms with E-state index >= 15 is 0 Å². The first-order valence-corrected chi connectivity index (χ1v) is 9.04. The molecule has 1 aromatic carbocycles. The van der Waals surface area contributed by atoms with Crippen LogP contribution >= 0.6 is 15.9 Å². The van der Waals surface area contributed by atoms with Gasteiger partial charge in [-0.15, -0.1) is 0 Å². The lowest BCUT2D eigenvalue weighted by molar-refractivity contribution is -0.923. The molecule has 0 amide bonds. The number of fused-ring (bicyclic) bond motifs is 1. The fourth-order valence-corrected chi connectivity index (χ4v) is 3.22. The van der Waals surface area contributed by atoms with Gasteiger partial charge in [0, 0.05) is 17.9 Å². The van der Waals surface area contributed by atoms with Crippen LogP contribution in [0.15, 0.2) is 37.9 Å². The van der Waals surface area contributed by atoms with E-state index in [-0.39, 0.29) is 5.63 Å². The van der Waals surface area contributed by atoms with Gasteiger partial charge in [0.2, 0.25) is 0 Å². The van der Waals surface area contributed by atoms with E-state index in [1.165, 1.54) is 0 Å². The summed E-state index contributed by atoms with van der Waals surface area (Å²) in [5, 5.41) is 0.877. The second kappa shape index (κ2) is 7.97. The zero-order valence-electron chi connectivity index (χ0n) is 14.1. The second-order valence-corrected chi connectivity index (χ2v) is 6.65. The van der Waals surface area contributed by atoms with Gasteiger partial charge in [-0.05, 0) is 54.9 Å². The van der Waals surface area contributed by atoms with Crippen LogP contribution < -0.4 is 10.4 Å². The van der Waals surface area contributed by atoms with Gasteiger partial charge < -0.3 is 13.6 Å². The maximum absolute atomic E-state index is 11.6. The number of quaternary nitrogens is 1. The molecule has 5 heteroatoms. The molecule has 0 saturated heterocycles. The van der Waals surface area contributed by atoms with Crippen LogP contribution in [0.1, 0.15) is 27.2 Å². The molecule has 2 aromatic rings. The molecule has 1 aromatic heterocycles. The Kier molecular flexibility index (Phi) is 6.25. The van der Waals surface area contributed by atoms with Gasteiger partial charge >= 0.3 is 5.63 Å². The third-order valence-corrected chi connectivity index (χ3v) is 5.28. The molecule has 0 aliphatic carbocycles. The normalized spacial score (nSPS) is 11.8. The summed E-state index contributed by atoms with van der Waals surface area (Å²) in [5.41, 5.74) is 0.182. The predicted molar refractivity (Wildman–Crippen MR) is 97.0 cm³/mol. The molecule has 23 heavy (non-hydrogen) atoms. The van der Waals surface area contributed by atoms with Crippen LogP contribution in [-0.4, -0.2) is 37.3 Å². The standard InChI is InChI=1S/C18H25BrNO3/c1-4-20(5-2,6-3)10-7-11-22-15-9-8-14-12-16(19)18(21)23-17(14)13-15/h8-9,12-13H,4-7,10-11H2,1-3H3/q+1. The van der Waals surface area contributed by atoms with Crippen molar-refractivity contribution in [1.82, 2.24) is 0 Å². The van der Waals surface area contributed by atoms with E-state index in [9.17, 15) is 4.79 Å². The summed E-state index contributed by atoms with van der Waals surface area (Å²) in [5.74, 6) is 0.741. The summed E-state index contributed by atoms with van der Waals surface area (Å²) in [6, 6.07) is 7.37. The number of halogens is 1. The van der Waals surface area contributed by atoms with E-state index in [1.807, 2.05) is 12.1 Å². The molecular weight excluding hydrogens is 358 g/mol. The smallest absolute Gasteiger partial charge is 0.350 e. The van der Waals surface area contributed by atoms with Crippen LogP contribution in [-0.2, 0) is 0 Å². The third-order valence-electron chi connectivity index (χ3n) is 4.72. The van der Waals surface area contributed by atoms with Crippen LogP contribution in [0.25, 0.3) is 11.0 Å². The average molecular weight is 383 g/mol. The molecule has 0 bridgehead atoms. The van der Waals surface area contributed by atoms with Crippen molar-refractivity contribution < 1.29 is 13.6 Å². The Morgan fingerprint density at radius 1 is 1.13 bits per heavy atom. The minimum Gasteiger partial charge on any atom is -0.493 e. The molecule has 0 atom stereocenters. The fourth-order valence-electron chi connectivity index (χ4n) is 2.89. The largest absolute Gasteiger partial charge is 0.493 e. The topological polar surface area (TPSA) is 39.4 Å². The van der Waals surface area contributed by atoms with Gasteiger partial charge in [0.25, 0.3) is 0 Å². The van der Waals surface area contributed by atoms with Gasteiger partial charge in [0.15, 0.2) is 0 Å². The SMILES string of the molecule is CC[N+](CC)(CC)CCCOc1ccc2cc(Br)c(=O)oc2c1. The zero-order valence-corrected chi connectivity index (χ0v) is 15.7.